The Labute approximate surface area is 152 Å². The van der Waals surface area contributed by atoms with Crippen LogP contribution < -0.4 is 4.72 Å². The van der Waals surface area contributed by atoms with E-state index in [2.05, 4.69) is 25.6 Å². The molecule has 2 rings (SSSR count). The first kappa shape index (κ1) is 19.4. The number of carbonyl (C=O) groups excluding carboxylic acids is 1. The molecule has 134 valence electrons. The second kappa shape index (κ2) is 8.42. The van der Waals surface area contributed by atoms with Gasteiger partial charge in [0, 0.05) is 31.7 Å². The fraction of sp³-hybridized carbons (Fsp3) is 0.562. The molecule has 1 amide bonds. The molecule has 0 aromatic heterocycles. The smallest absolute Gasteiger partial charge is 0.240 e. The first-order valence-corrected chi connectivity index (χ1v) is 10.3. The topological polar surface area (TPSA) is 69.7 Å². The van der Waals surface area contributed by atoms with E-state index in [4.69, 9.17) is 0 Å². The first-order chi connectivity index (χ1) is 11.3. The molecular weight excluding hydrogens is 394 g/mol. The van der Waals surface area contributed by atoms with Crippen molar-refractivity contribution in [3.05, 3.63) is 28.7 Å². The van der Waals surface area contributed by atoms with Crippen LogP contribution in [-0.2, 0) is 14.8 Å². The molecule has 1 saturated heterocycles. The van der Waals surface area contributed by atoms with E-state index in [-0.39, 0.29) is 16.8 Å². The summed E-state index contributed by atoms with van der Waals surface area (Å²) in [4.78, 5) is 16.2. The fourth-order valence-corrected chi connectivity index (χ4v) is 4.55. The third kappa shape index (κ3) is 5.02. The van der Waals surface area contributed by atoms with Crippen LogP contribution in [0.3, 0.4) is 0 Å². The van der Waals surface area contributed by atoms with Gasteiger partial charge in [0.05, 0.1) is 10.9 Å². The average Bonchev–Trinajstić information content (AvgIpc) is 2.99. The first-order valence-electron chi connectivity index (χ1n) is 8.02. The summed E-state index contributed by atoms with van der Waals surface area (Å²) >= 11 is 3.28. The molecule has 1 heterocycles. The molecule has 0 saturated carbocycles. The number of sulfonamides is 1. The van der Waals surface area contributed by atoms with E-state index < -0.39 is 10.0 Å². The van der Waals surface area contributed by atoms with Gasteiger partial charge >= 0.3 is 0 Å². The van der Waals surface area contributed by atoms with Gasteiger partial charge in [-0.2, -0.15) is 0 Å². The summed E-state index contributed by atoms with van der Waals surface area (Å²) in [6.45, 7) is 1.96. The molecular formula is C16H24BrN3O3S. The van der Waals surface area contributed by atoms with E-state index >= 15 is 0 Å². The molecule has 1 fully saturated rings. The Bertz CT molecular complexity index is 679. The van der Waals surface area contributed by atoms with Gasteiger partial charge in [-0.1, -0.05) is 22.0 Å². The highest BCUT2D eigenvalue weighted by Crippen LogP contribution is 2.19. The summed E-state index contributed by atoms with van der Waals surface area (Å²) in [5.74, 6) is 0.127. The van der Waals surface area contributed by atoms with Gasteiger partial charge in [-0.15, -0.1) is 0 Å². The van der Waals surface area contributed by atoms with Gasteiger partial charge in [-0.05, 0) is 44.0 Å². The van der Waals surface area contributed by atoms with E-state index in [0.29, 0.717) is 19.5 Å². The maximum absolute atomic E-state index is 12.2. The Morgan fingerprint density at radius 2 is 2.17 bits per heavy atom. The quantitative estimate of drug-likeness (QED) is 0.684. The summed E-state index contributed by atoms with van der Waals surface area (Å²) in [7, 11) is 0.0421. The highest BCUT2D eigenvalue weighted by molar-refractivity contribution is 9.10. The van der Waals surface area contributed by atoms with E-state index in [1.165, 1.54) is 0 Å². The van der Waals surface area contributed by atoms with Gasteiger partial charge in [-0.25, -0.2) is 13.1 Å². The van der Waals surface area contributed by atoms with Crippen molar-refractivity contribution in [3.8, 4) is 0 Å². The molecule has 1 aromatic carbocycles. The fourth-order valence-electron chi connectivity index (χ4n) is 2.88. The molecule has 8 heteroatoms. The number of hydrogen-bond donors (Lipinski definition) is 1. The number of halogens is 1. The van der Waals surface area contributed by atoms with Crippen LogP contribution in [0.4, 0.5) is 0 Å². The summed E-state index contributed by atoms with van der Waals surface area (Å²) in [6.07, 6.45) is 2.55. The lowest BCUT2D eigenvalue weighted by atomic mass is 10.2. The lowest BCUT2D eigenvalue weighted by Gasteiger charge is -2.26. The molecule has 1 aliphatic rings. The SMILES string of the molecule is CN(C)C(=O)C1CCCN1CCCNS(=O)(=O)c1cccc(Br)c1. The Morgan fingerprint density at radius 1 is 1.42 bits per heavy atom. The number of likely N-dealkylation sites (tertiary alicyclic amines) is 1. The minimum absolute atomic E-state index is 0.0679. The number of benzene rings is 1. The highest BCUT2D eigenvalue weighted by atomic mass is 79.9. The van der Waals surface area contributed by atoms with Crippen LogP contribution in [0.5, 0.6) is 0 Å². The Hall–Kier alpha value is -0.960. The minimum atomic E-state index is -3.50. The molecule has 0 spiro atoms. The molecule has 1 atom stereocenters. The van der Waals surface area contributed by atoms with Crippen molar-refractivity contribution in [1.29, 1.82) is 0 Å². The zero-order valence-corrected chi connectivity index (χ0v) is 16.4. The lowest BCUT2D eigenvalue weighted by Crippen LogP contribution is -2.43. The Balaban J connectivity index is 1.83. The van der Waals surface area contributed by atoms with Crippen LogP contribution >= 0.6 is 15.9 Å². The van der Waals surface area contributed by atoms with Crippen LogP contribution in [0.15, 0.2) is 33.6 Å². The van der Waals surface area contributed by atoms with Crippen molar-refractivity contribution in [2.75, 3.05) is 33.7 Å². The summed E-state index contributed by atoms with van der Waals surface area (Å²) in [6, 6.07) is 6.56. The Morgan fingerprint density at radius 3 is 2.83 bits per heavy atom. The van der Waals surface area contributed by atoms with E-state index in [1.54, 1.807) is 43.3 Å². The molecule has 1 unspecified atom stereocenters. The third-order valence-electron chi connectivity index (χ3n) is 4.11. The third-order valence-corrected chi connectivity index (χ3v) is 6.06. The van der Waals surface area contributed by atoms with Gasteiger partial charge in [0.15, 0.2) is 0 Å². The average molecular weight is 418 g/mol. The second-order valence-corrected chi connectivity index (χ2v) is 8.82. The van der Waals surface area contributed by atoms with Gasteiger partial charge in [0.25, 0.3) is 0 Å². The predicted octanol–water partition coefficient (Wildman–Crippen LogP) is 1.67. The number of carbonyl (C=O) groups is 1. The maximum atomic E-state index is 12.2. The molecule has 1 aliphatic heterocycles. The standard InChI is InChI=1S/C16H24BrN3O3S/c1-19(2)16(21)15-8-4-10-20(15)11-5-9-18-24(22,23)14-7-3-6-13(17)12-14/h3,6-7,12,15,18H,4-5,8-11H2,1-2H3. The summed E-state index contributed by atoms with van der Waals surface area (Å²) < 4.78 is 27.8. The number of nitrogens with zero attached hydrogens (tertiary/aromatic N) is 2. The van der Waals surface area contributed by atoms with Crippen molar-refractivity contribution < 1.29 is 13.2 Å². The van der Waals surface area contributed by atoms with Crippen LogP contribution in [0.25, 0.3) is 0 Å². The van der Waals surface area contributed by atoms with E-state index in [1.807, 2.05) is 0 Å². The van der Waals surface area contributed by atoms with Gasteiger partial charge < -0.3 is 4.90 Å². The van der Waals surface area contributed by atoms with Crippen LogP contribution in [0, 0.1) is 0 Å². The zero-order chi connectivity index (χ0) is 17.7. The molecule has 1 aromatic rings. The van der Waals surface area contributed by atoms with Crippen molar-refractivity contribution in [3.63, 3.8) is 0 Å². The van der Waals surface area contributed by atoms with Gasteiger partial charge in [-0.3, -0.25) is 9.69 Å². The molecule has 0 radical (unpaired) electrons. The van der Waals surface area contributed by atoms with Crippen molar-refractivity contribution in [1.82, 2.24) is 14.5 Å². The molecule has 6 nitrogen and oxygen atoms in total. The van der Waals surface area contributed by atoms with Crippen molar-refractivity contribution in [2.45, 2.75) is 30.2 Å². The summed E-state index contributed by atoms with van der Waals surface area (Å²) in [5.41, 5.74) is 0. The second-order valence-electron chi connectivity index (χ2n) is 6.14. The minimum Gasteiger partial charge on any atom is -0.347 e. The van der Waals surface area contributed by atoms with Gasteiger partial charge in [0.1, 0.15) is 0 Å². The summed E-state index contributed by atoms with van der Waals surface area (Å²) in [5, 5.41) is 0. The molecule has 0 bridgehead atoms. The van der Waals surface area contributed by atoms with E-state index in [9.17, 15) is 13.2 Å². The number of amides is 1. The van der Waals surface area contributed by atoms with E-state index in [0.717, 1.165) is 23.9 Å². The monoisotopic (exact) mass is 417 g/mol. The normalized spacial score (nSPS) is 18.7. The largest absolute Gasteiger partial charge is 0.347 e. The van der Waals surface area contributed by atoms with Crippen LogP contribution in [-0.4, -0.2) is 63.9 Å². The molecule has 0 aliphatic carbocycles. The highest BCUT2D eigenvalue weighted by Gasteiger charge is 2.31. The number of nitrogens with one attached hydrogen (secondary N) is 1. The van der Waals surface area contributed by atoms with Crippen molar-refractivity contribution in [2.24, 2.45) is 0 Å². The maximum Gasteiger partial charge on any atom is 0.240 e. The lowest BCUT2D eigenvalue weighted by molar-refractivity contribution is -0.133. The van der Waals surface area contributed by atoms with Gasteiger partial charge in [0.2, 0.25) is 15.9 Å². The Kier molecular flexibility index (Phi) is 6.79. The predicted molar refractivity (Wildman–Crippen MR) is 97.2 cm³/mol. The van der Waals surface area contributed by atoms with Crippen LogP contribution in [0.2, 0.25) is 0 Å². The zero-order valence-electron chi connectivity index (χ0n) is 14.0. The number of hydrogen-bond acceptors (Lipinski definition) is 4. The molecule has 1 N–H and O–H groups in total. The molecule has 24 heavy (non-hydrogen) atoms. The number of rotatable bonds is 7. The van der Waals surface area contributed by atoms with Crippen LogP contribution in [0.1, 0.15) is 19.3 Å². The van der Waals surface area contributed by atoms with Crippen molar-refractivity contribution >= 4 is 31.9 Å². The number of likely N-dealkylation sites (N-methyl/N-ethyl adjacent to an activating group) is 1.